The molecule has 0 spiro atoms. The summed E-state index contributed by atoms with van der Waals surface area (Å²) in [6.07, 6.45) is 0. The van der Waals surface area contributed by atoms with Crippen molar-refractivity contribution in [3.63, 3.8) is 0 Å². The molecule has 2 aromatic carbocycles. The fourth-order valence-electron chi connectivity index (χ4n) is 2.17. The third kappa shape index (κ3) is 5.95. The highest BCUT2D eigenvalue weighted by atomic mass is 16.5. The maximum absolute atomic E-state index is 12.0. The predicted octanol–water partition coefficient (Wildman–Crippen LogP) is 3.93. The third-order valence-corrected chi connectivity index (χ3v) is 3.49. The number of ether oxygens (including phenoxy) is 2. The Balaban J connectivity index is 1.85. The first-order valence-corrected chi connectivity index (χ1v) is 8.06. The lowest BCUT2D eigenvalue weighted by Crippen LogP contribution is -2.20. The van der Waals surface area contributed by atoms with E-state index in [1.54, 1.807) is 24.3 Å². The summed E-state index contributed by atoms with van der Waals surface area (Å²) in [5.74, 6) is 0.428. The summed E-state index contributed by atoms with van der Waals surface area (Å²) in [5.41, 5.74) is 1.89. The zero-order chi connectivity index (χ0) is 18.4. The molecule has 0 saturated carbocycles. The van der Waals surface area contributed by atoms with Crippen molar-refractivity contribution in [1.82, 2.24) is 0 Å². The second kappa shape index (κ2) is 7.83. The standard InChI is InChI=1S/C20H23NO4/c1-14(22)25-18-11-7-16(8-12-18)21-19(23)13-24-17-9-5-15(6-10-17)20(2,3)4/h5-12H,13H2,1-4H3,(H,21,23). The van der Waals surface area contributed by atoms with E-state index in [0.717, 1.165) is 0 Å². The van der Waals surface area contributed by atoms with Crippen LogP contribution in [-0.2, 0) is 15.0 Å². The molecule has 0 aromatic heterocycles. The van der Waals surface area contributed by atoms with Crippen LogP contribution < -0.4 is 14.8 Å². The zero-order valence-corrected chi connectivity index (χ0v) is 15.0. The van der Waals surface area contributed by atoms with Crippen molar-refractivity contribution in [2.24, 2.45) is 0 Å². The van der Waals surface area contributed by atoms with Crippen LogP contribution >= 0.6 is 0 Å². The number of carbonyl (C=O) groups excluding carboxylic acids is 2. The lowest BCUT2D eigenvalue weighted by Gasteiger charge is -2.19. The minimum atomic E-state index is -0.386. The summed E-state index contributed by atoms with van der Waals surface area (Å²) in [6, 6.07) is 14.3. The molecule has 0 aliphatic rings. The Labute approximate surface area is 148 Å². The lowest BCUT2D eigenvalue weighted by molar-refractivity contribution is -0.131. The van der Waals surface area contributed by atoms with Gasteiger partial charge in [0, 0.05) is 12.6 Å². The molecule has 0 aliphatic heterocycles. The van der Waals surface area contributed by atoms with Gasteiger partial charge in [0.15, 0.2) is 6.61 Å². The number of nitrogens with one attached hydrogen (secondary N) is 1. The first-order chi connectivity index (χ1) is 11.7. The van der Waals surface area contributed by atoms with Crippen LogP contribution in [0.15, 0.2) is 48.5 Å². The molecule has 0 atom stereocenters. The van der Waals surface area contributed by atoms with Crippen molar-refractivity contribution in [2.75, 3.05) is 11.9 Å². The number of anilines is 1. The Morgan fingerprint density at radius 3 is 2.00 bits per heavy atom. The van der Waals surface area contributed by atoms with Crippen molar-refractivity contribution in [3.8, 4) is 11.5 Å². The van der Waals surface area contributed by atoms with E-state index in [1.165, 1.54) is 12.5 Å². The number of amides is 1. The summed E-state index contributed by atoms with van der Waals surface area (Å²) < 4.78 is 10.4. The van der Waals surface area contributed by atoms with Crippen LogP contribution in [-0.4, -0.2) is 18.5 Å². The van der Waals surface area contributed by atoms with Crippen molar-refractivity contribution >= 4 is 17.6 Å². The highest BCUT2D eigenvalue weighted by Gasteiger charge is 2.13. The summed E-state index contributed by atoms with van der Waals surface area (Å²) >= 11 is 0. The largest absolute Gasteiger partial charge is 0.484 e. The maximum atomic E-state index is 12.0. The van der Waals surface area contributed by atoms with Crippen LogP contribution in [0.5, 0.6) is 11.5 Å². The van der Waals surface area contributed by atoms with E-state index in [0.29, 0.717) is 17.2 Å². The molecular weight excluding hydrogens is 318 g/mol. The Bertz CT molecular complexity index is 728. The first-order valence-electron chi connectivity index (χ1n) is 8.06. The molecule has 2 aromatic rings. The summed E-state index contributed by atoms with van der Waals surface area (Å²) in [4.78, 5) is 22.8. The van der Waals surface area contributed by atoms with E-state index in [1.807, 2.05) is 24.3 Å². The quantitative estimate of drug-likeness (QED) is 0.661. The van der Waals surface area contributed by atoms with E-state index in [9.17, 15) is 9.59 Å². The molecule has 0 bridgehead atoms. The topological polar surface area (TPSA) is 64.6 Å². The highest BCUT2D eigenvalue weighted by molar-refractivity contribution is 5.91. The van der Waals surface area contributed by atoms with Gasteiger partial charge in [0.25, 0.3) is 5.91 Å². The molecular formula is C20H23NO4. The molecule has 2 rings (SSSR count). The van der Waals surface area contributed by atoms with E-state index in [4.69, 9.17) is 9.47 Å². The number of hydrogen-bond acceptors (Lipinski definition) is 4. The molecule has 0 saturated heterocycles. The SMILES string of the molecule is CC(=O)Oc1ccc(NC(=O)COc2ccc(C(C)(C)C)cc2)cc1. The van der Waals surface area contributed by atoms with Gasteiger partial charge in [-0.3, -0.25) is 9.59 Å². The fourth-order valence-corrected chi connectivity index (χ4v) is 2.17. The number of rotatable bonds is 5. The summed E-state index contributed by atoms with van der Waals surface area (Å²) in [5, 5.41) is 2.72. The fraction of sp³-hybridized carbons (Fsp3) is 0.300. The molecule has 0 radical (unpaired) electrons. The van der Waals surface area contributed by atoms with Crippen molar-refractivity contribution in [1.29, 1.82) is 0 Å². The molecule has 0 heterocycles. The van der Waals surface area contributed by atoms with Crippen LogP contribution in [0.4, 0.5) is 5.69 Å². The van der Waals surface area contributed by atoms with Crippen molar-refractivity contribution in [3.05, 3.63) is 54.1 Å². The van der Waals surface area contributed by atoms with Crippen LogP contribution in [0.1, 0.15) is 33.3 Å². The second-order valence-corrected chi connectivity index (χ2v) is 6.73. The monoisotopic (exact) mass is 341 g/mol. The average Bonchev–Trinajstić information content (AvgIpc) is 2.54. The number of hydrogen-bond donors (Lipinski definition) is 1. The van der Waals surface area contributed by atoms with Crippen LogP contribution in [0.3, 0.4) is 0 Å². The van der Waals surface area contributed by atoms with Crippen LogP contribution in [0.2, 0.25) is 0 Å². The summed E-state index contributed by atoms with van der Waals surface area (Å²) in [6.45, 7) is 7.68. The average molecular weight is 341 g/mol. The van der Waals surface area contributed by atoms with Gasteiger partial charge in [-0.2, -0.15) is 0 Å². The Kier molecular flexibility index (Phi) is 5.80. The zero-order valence-electron chi connectivity index (χ0n) is 15.0. The molecule has 0 aliphatic carbocycles. The van der Waals surface area contributed by atoms with Gasteiger partial charge in [-0.15, -0.1) is 0 Å². The van der Waals surface area contributed by atoms with Crippen LogP contribution in [0.25, 0.3) is 0 Å². The van der Waals surface area contributed by atoms with Crippen molar-refractivity contribution < 1.29 is 19.1 Å². The lowest BCUT2D eigenvalue weighted by atomic mass is 9.87. The number of esters is 1. The van der Waals surface area contributed by atoms with Gasteiger partial charge in [-0.1, -0.05) is 32.9 Å². The number of carbonyl (C=O) groups is 2. The van der Waals surface area contributed by atoms with E-state index < -0.39 is 0 Å². The van der Waals surface area contributed by atoms with Gasteiger partial charge in [0.05, 0.1) is 0 Å². The summed E-state index contributed by atoms with van der Waals surface area (Å²) in [7, 11) is 0. The van der Waals surface area contributed by atoms with E-state index in [2.05, 4.69) is 26.1 Å². The van der Waals surface area contributed by atoms with Gasteiger partial charge in [0.1, 0.15) is 11.5 Å². The first kappa shape index (κ1) is 18.5. The Morgan fingerprint density at radius 2 is 1.48 bits per heavy atom. The maximum Gasteiger partial charge on any atom is 0.308 e. The molecule has 132 valence electrons. The molecule has 1 amide bonds. The minimum Gasteiger partial charge on any atom is -0.484 e. The molecule has 5 nitrogen and oxygen atoms in total. The molecule has 25 heavy (non-hydrogen) atoms. The van der Waals surface area contributed by atoms with Gasteiger partial charge in [-0.25, -0.2) is 0 Å². The third-order valence-electron chi connectivity index (χ3n) is 3.49. The molecule has 5 heteroatoms. The Hall–Kier alpha value is -2.82. The second-order valence-electron chi connectivity index (χ2n) is 6.73. The normalized spacial score (nSPS) is 10.9. The predicted molar refractivity (Wildman–Crippen MR) is 97.0 cm³/mol. The molecule has 0 fully saturated rings. The van der Waals surface area contributed by atoms with Gasteiger partial charge in [-0.05, 0) is 47.4 Å². The Morgan fingerprint density at radius 1 is 0.920 bits per heavy atom. The van der Waals surface area contributed by atoms with Crippen molar-refractivity contribution in [2.45, 2.75) is 33.1 Å². The van der Waals surface area contributed by atoms with Gasteiger partial charge in [0.2, 0.25) is 0 Å². The van der Waals surface area contributed by atoms with E-state index >= 15 is 0 Å². The highest BCUT2D eigenvalue weighted by Crippen LogP contribution is 2.24. The molecule has 0 unspecified atom stereocenters. The van der Waals surface area contributed by atoms with Crippen LogP contribution in [0, 0.1) is 0 Å². The van der Waals surface area contributed by atoms with Gasteiger partial charge >= 0.3 is 5.97 Å². The minimum absolute atomic E-state index is 0.0776. The molecule has 1 N–H and O–H groups in total. The number of benzene rings is 2. The van der Waals surface area contributed by atoms with E-state index in [-0.39, 0.29) is 23.9 Å². The smallest absolute Gasteiger partial charge is 0.308 e. The van der Waals surface area contributed by atoms with Gasteiger partial charge < -0.3 is 14.8 Å².